The molecule has 1 aliphatic rings. The molecule has 5 heteroatoms. The van der Waals surface area contributed by atoms with Crippen LogP contribution in [0.1, 0.15) is 18.9 Å². The lowest BCUT2D eigenvalue weighted by Gasteiger charge is -2.21. The average molecular weight is 277 g/mol. The van der Waals surface area contributed by atoms with E-state index in [9.17, 15) is 9.59 Å². The van der Waals surface area contributed by atoms with Crippen LogP contribution in [0.3, 0.4) is 0 Å². The van der Waals surface area contributed by atoms with Crippen molar-refractivity contribution < 1.29 is 19.4 Å². The van der Waals surface area contributed by atoms with Crippen LogP contribution in [0, 0.1) is 12.8 Å². The second-order valence-corrected chi connectivity index (χ2v) is 5.18. The lowest BCUT2D eigenvalue weighted by molar-refractivity contribution is -0.142. The third kappa shape index (κ3) is 3.29. The smallest absolute Gasteiger partial charge is 0.308 e. The molecule has 1 heterocycles. The number of carbonyl (C=O) groups is 2. The molecule has 1 aromatic carbocycles. The quantitative estimate of drug-likeness (QED) is 0.909. The van der Waals surface area contributed by atoms with Crippen molar-refractivity contribution in [2.24, 2.45) is 5.92 Å². The maximum atomic E-state index is 12.2. The van der Waals surface area contributed by atoms with Gasteiger partial charge in [0.15, 0.2) is 6.10 Å². The summed E-state index contributed by atoms with van der Waals surface area (Å²) in [5, 5.41) is 8.94. The molecule has 0 bridgehead atoms. The molecule has 0 saturated carbocycles. The molecule has 2 rings (SSSR count). The van der Waals surface area contributed by atoms with E-state index in [2.05, 4.69) is 0 Å². The summed E-state index contributed by atoms with van der Waals surface area (Å²) < 4.78 is 5.60. The summed E-state index contributed by atoms with van der Waals surface area (Å²) in [7, 11) is 0. The predicted octanol–water partition coefficient (Wildman–Crippen LogP) is 1.70. The van der Waals surface area contributed by atoms with Crippen LogP contribution in [-0.2, 0) is 9.59 Å². The molecule has 0 radical (unpaired) electrons. The molecule has 108 valence electrons. The number of carboxylic acid groups (broad SMARTS) is 1. The molecule has 1 aliphatic heterocycles. The maximum absolute atomic E-state index is 12.2. The van der Waals surface area contributed by atoms with Gasteiger partial charge in [-0.2, -0.15) is 0 Å². The zero-order valence-corrected chi connectivity index (χ0v) is 11.7. The van der Waals surface area contributed by atoms with Crippen molar-refractivity contribution in [3.05, 3.63) is 29.8 Å². The Hall–Kier alpha value is -2.04. The minimum Gasteiger partial charge on any atom is -0.481 e. The lowest BCUT2D eigenvalue weighted by Crippen LogP contribution is -2.39. The number of rotatable bonds is 4. The second-order valence-electron chi connectivity index (χ2n) is 5.18. The second kappa shape index (κ2) is 5.94. The van der Waals surface area contributed by atoms with Gasteiger partial charge < -0.3 is 14.7 Å². The van der Waals surface area contributed by atoms with Gasteiger partial charge in [-0.3, -0.25) is 9.59 Å². The van der Waals surface area contributed by atoms with Gasteiger partial charge >= 0.3 is 5.97 Å². The molecule has 0 aromatic heterocycles. The molecule has 0 unspecified atom stereocenters. The van der Waals surface area contributed by atoms with Crippen LogP contribution in [0.2, 0.25) is 0 Å². The fourth-order valence-electron chi connectivity index (χ4n) is 2.29. The first kappa shape index (κ1) is 14.4. The number of hydrogen-bond donors (Lipinski definition) is 1. The zero-order valence-electron chi connectivity index (χ0n) is 11.7. The van der Waals surface area contributed by atoms with Crippen LogP contribution in [-0.4, -0.2) is 41.1 Å². The summed E-state index contributed by atoms with van der Waals surface area (Å²) in [5.74, 6) is -0.808. The number of benzene rings is 1. The number of amides is 1. The number of ether oxygens (including phenoxy) is 1. The Bertz CT molecular complexity index is 497. The normalized spacial score (nSPS) is 19.7. The van der Waals surface area contributed by atoms with Crippen molar-refractivity contribution in [3.63, 3.8) is 0 Å². The predicted molar refractivity (Wildman–Crippen MR) is 73.6 cm³/mol. The molecule has 0 aliphatic carbocycles. The fraction of sp³-hybridized carbons (Fsp3) is 0.467. The van der Waals surface area contributed by atoms with E-state index < -0.39 is 18.0 Å². The van der Waals surface area contributed by atoms with Crippen molar-refractivity contribution in [2.75, 3.05) is 13.1 Å². The van der Waals surface area contributed by atoms with Crippen LogP contribution in [0.5, 0.6) is 5.75 Å². The first-order chi connectivity index (χ1) is 9.47. The highest BCUT2D eigenvalue weighted by molar-refractivity contribution is 5.82. The van der Waals surface area contributed by atoms with Crippen LogP contribution in [0.15, 0.2) is 24.3 Å². The van der Waals surface area contributed by atoms with E-state index >= 15 is 0 Å². The average Bonchev–Trinajstić information content (AvgIpc) is 2.90. The van der Waals surface area contributed by atoms with Gasteiger partial charge in [0.25, 0.3) is 5.91 Å². The van der Waals surface area contributed by atoms with E-state index in [0.717, 1.165) is 5.56 Å². The van der Waals surface area contributed by atoms with E-state index in [4.69, 9.17) is 9.84 Å². The van der Waals surface area contributed by atoms with Gasteiger partial charge in [-0.05, 0) is 32.4 Å². The first-order valence-corrected chi connectivity index (χ1v) is 6.72. The number of likely N-dealkylation sites (tertiary alicyclic amines) is 1. The number of carboxylic acids is 1. The highest BCUT2D eigenvalue weighted by atomic mass is 16.5. The van der Waals surface area contributed by atoms with E-state index in [-0.39, 0.29) is 12.5 Å². The van der Waals surface area contributed by atoms with Crippen molar-refractivity contribution in [3.8, 4) is 5.75 Å². The van der Waals surface area contributed by atoms with E-state index in [1.165, 1.54) is 0 Å². The molecule has 1 N–H and O–H groups in total. The minimum atomic E-state index is -0.840. The number of aryl methyl sites for hydroxylation is 1. The Labute approximate surface area is 118 Å². The molecule has 20 heavy (non-hydrogen) atoms. The Morgan fingerprint density at radius 3 is 2.55 bits per heavy atom. The molecule has 0 spiro atoms. The molecular weight excluding hydrogens is 258 g/mol. The zero-order chi connectivity index (χ0) is 14.7. The molecule has 1 fully saturated rings. The summed E-state index contributed by atoms with van der Waals surface area (Å²) in [5.41, 5.74) is 1.13. The molecule has 2 atom stereocenters. The molecular formula is C15H19NO4. The minimum absolute atomic E-state index is 0.158. The van der Waals surface area contributed by atoms with Gasteiger partial charge in [-0.25, -0.2) is 0 Å². The van der Waals surface area contributed by atoms with Gasteiger partial charge in [-0.1, -0.05) is 17.7 Å². The Kier molecular flexibility index (Phi) is 4.27. The topological polar surface area (TPSA) is 66.8 Å². The first-order valence-electron chi connectivity index (χ1n) is 6.72. The third-order valence-electron chi connectivity index (χ3n) is 3.53. The van der Waals surface area contributed by atoms with Crippen LogP contribution in [0.4, 0.5) is 0 Å². The van der Waals surface area contributed by atoms with Gasteiger partial charge in [0.2, 0.25) is 0 Å². The summed E-state index contributed by atoms with van der Waals surface area (Å²) in [6.07, 6.45) is -0.0940. The van der Waals surface area contributed by atoms with E-state index in [1.54, 1.807) is 11.8 Å². The Balaban J connectivity index is 1.92. The third-order valence-corrected chi connectivity index (χ3v) is 3.53. The number of aliphatic carboxylic acids is 1. The summed E-state index contributed by atoms with van der Waals surface area (Å²) in [6.45, 7) is 4.43. The lowest BCUT2D eigenvalue weighted by atomic mass is 10.1. The Morgan fingerprint density at radius 2 is 2.00 bits per heavy atom. The number of nitrogens with zero attached hydrogens (tertiary/aromatic N) is 1. The molecule has 1 amide bonds. The SMILES string of the molecule is Cc1ccc(O[C@@H](C)C(=O)N2CC[C@@H](C(=O)O)C2)cc1. The molecule has 1 aromatic rings. The summed E-state index contributed by atoms with van der Waals surface area (Å²) >= 11 is 0. The van der Waals surface area contributed by atoms with Crippen molar-refractivity contribution in [1.29, 1.82) is 0 Å². The van der Waals surface area contributed by atoms with Crippen molar-refractivity contribution in [2.45, 2.75) is 26.4 Å². The van der Waals surface area contributed by atoms with Crippen LogP contribution in [0.25, 0.3) is 0 Å². The fourth-order valence-corrected chi connectivity index (χ4v) is 2.29. The van der Waals surface area contributed by atoms with Crippen molar-refractivity contribution >= 4 is 11.9 Å². The van der Waals surface area contributed by atoms with Gasteiger partial charge in [0.1, 0.15) is 5.75 Å². The number of hydrogen-bond acceptors (Lipinski definition) is 3. The van der Waals surface area contributed by atoms with Crippen LogP contribution < -0.4 is 4.74 Å². The van der Waals surface area contributed by atoms with Gasteiger partial charge in [-0.15, -0.1) is 0 Å². The number of carbonyl (C=O) groups excluding carboxylic acids is 1. The Morgan fingerprint density at radius 1 is 1.35 bits per heavy atom. The molecule has 1 saturated heterocycles. The maximum Gasteiger partial charge on any atom is 0.308 e. The van der Waals surface area contributed by atoms with Crippen LogP contribution >= 0.6 is 0 Å². The van der Waals surface area contributed by atoms with Gasteiger partial charge in [0, 0.05) is 13.1 Å². The van der Waals surface area contributed by atoms with Gasteiger partial charge in [0.05, 0.1) is 5.92 Å². The largest absolute Gasteiger partial charge is 0.481 e. The highest BCUT2D eigenvalue weighted by Gasteiger charge is 2.33. The van der Waals surface area contributed by atoms with E-state index in [1.807, 2.05) is 31.2 Å². The van der Waals surface area contributed by atoms with Crippen molar-refractivity contribution in [1.82, 2.24) is 4.90 Å². The van der Waals surface area contributed by atoms with E-state index in [0.29, 0.717) is 18.7 Å². The summed E-state index contributed by atoms with van der Waals surface area (Å²) in [6, 6.07) is 7.48. The standard InChI is InChI=1S/C15H19NO4/c1-10-3-5-13(6-4-10)20-11(2)14(17)16-8-7-12(9-16)15(18)19/h3-6,11-12H,7-9H2,1-2H3,(H,18,19)/t11-,12+/m0/s1. The monoisotopic (exact) mass is 277 g/mol. The molecule has 5 nitrogen and oxygen atoms in total. The highest BCUT2D eigenvalue weighted by Crippen LogP contribution is 2.19. The summed E-state index contributed by atoms with van der Waals surface area (Å²) in [4.78, 5) is 24.7.